The molecule has 1 N–H and O–H groups in total. The van der Waals surface area contributed by atoms with Gasteiger partial charge in [-0.2, -0.15) is 0 Å². The quantitative estimate of drug-likeness (QED) is 0.931. The maximum atomic E-state index is 13.1. The minimum absolute atomic E-state index is 0.0594. The lowest BCUT2D eigenvalue weighted by atomic mass is 9.98. The predicted molar refractivity (Wildman–Crippen MR) is 81.5 cm³/mol. The van der Waals surface area contributed by atoms with Gasteiger partial charge in [0.15, 0.2) is 0 Å². The first-order valence-corrected chi connectivity index (χ1v) is 7.23. The van der Waals surface area contributed by atoms with Crippen LogP contribution in [0.5, 0.6) is 0 Å². The molecule has 2 heterocycles. The van der Waals surface area contributed by atoms with Crippen LogP contribution in [-0.4, -0.2) is 39.8 Å². The molecule has 1 saturated heterocycles. The van der Waals surface area contributed by atoms with E-state index >= 15 is 0 Å². The summed E-state index contributed by atoms with van der Waals surface area (Å²) in [4.78, 5) is 33.4. The minimum atomic E-state index is -0.547. The SMILES string of the molecule is O=C(Nc1ccc(F)c(Cl)c1)C1CN(C(=O)c2cnccn2)C1. The number of carbonyl (C=O) groups is 2. The second kappa shape index (κ2) is 6.29. The molecule has 0 atom stereocenters. The van der Waals surface area contributed by atoms with Gasteiger partial charge in [0, 0.05) is 31.2 Å². The van der Waals surface area contributed by atoms with Crippen molar-refractivity contribution in [2.75, 3.05) is 18.4 Å². The van der Waals surface area contributed by atoms with Crippen molar-refractivity contribution in [1.82, 2.24) is 14.9 Å². The maximum absolute atomic E-state index is 13.1. The molecule has 0 radical (unpaired) electrons. The standard InChI is InChI=1S/C15H12ClFN4O2/c16-11-5-10(1-2-12(11)17)20-14(22)9-7-21(8-9)15(23)13-6-18-3-4-19-13/h1-6,9H,7-8H2,(H,20,22). The molecule has 2 aromatic rings. The fraction of sp³-hybridized carbons (Fsp3) is 0.200. The number of hydrogen-bond donors (Lipinski definition) is 1. The van der Waals surface area contributed by atoms with E-state index < -0.39 is 5.82 Å². The fourth-order valence-corrected chi connectivity index (χ4v) is 2.38. The molecule has 1 aromatic carbocycles. The Morgan fingerprint density at radius 1 is 1.30 bits per heavy atom. The van der Waals surface area contributed by atoms with Crippen LogP contribution in [0.4, 0.5) is 10.1 Å². The highest BCUT2D eigenvalue weighted by atomic mass is 35.5. The second-order valence-corrected chi connectivity index (χ2v) is 5.52. The Kier molecular flexibility index (Phi) is 4.20. The number of likely N-dealkylation sites (tertiary alicyclic amines) is 1. The van der Waals surface area contributed by atoms with E-state index in [0.29, 0.717) is 18.8 Å². The number of nitrogens with one attached hydrogen (secondary N) is 1. The third kappa shape index (κ3) is 3.29. The van der Waals surface area contributed by atoms with Gasteiger partial charge in [0.1, 0.15) is 11.5 Å². The van der Waals surface area contributed by atoms with Crippen LogP contribution in [0.2, 0.25) is 5.02 Å². The van der Waals surface area contributed by atoms with Gasteiger partial charge in [0.2, 0.25) is 5.91 Å². The fourth-order valence-electron chi connectivity index (χ4n) is 2.20. The number of halogens is 2. The maximum Gasteiger partial charge on any atom is 0.274 e. The molecule has 2 amide bonds. The summed E-state index contributed by atoms with van der Waals surface area (Å²) >= 11 is 5.67. The first-order chi connectivity index (χ1) is 11.0. The van der Waals surface area contributed by atoms with E-state index in [9.17, 15) is 14.0 Å². The predicted octanol–water partition coefficient (Wildman–Crippen LogP) is 1.98. The van der Waals surface area contributed by atoms with Crippen molar-refractivity contribution >= 4 is 29.1 Å². The summed E-state index contributed by atoms with van der Waals surface area (Å²) in [6.45, 7) is 0.604. The van der Waals surface area contributed by atoms with Crippen molar-refractivity contribution in [3.63, 3.8) is 0 Å². The number of hydrogen-bond acceptors (Lipinski definition) is 4. The highest BCUT2D eigenvalue weighted by molar-refractivity contribution is 6.31. The first kappa shape index (κ1) is 15.4. The lowest BCUT2D eigenvalue weighted by Gasteiger charge is -2.37. The molecule has 0 unspecified atom stereocenters. The number of nitrogens with zero attached hydrogens (tertiary/aromatic N) is 3. The summed E-state index contributed by atoms with van der Waals surface area (Å²) in [7, 11) is 0. The van der Waals surface area contributed by atoms with Crippen LogP contribution in [0, 0.1) is 11.7 Å². The molecular weight excluding hydrogens is 323 g/mol. The average Bonchev–Trinajstić information content (AvgIpc) is 2.50. The van der Waals surface area contributed by atoms with E-state index in [0.717, 1.165) is 0 Å². The summed E-state index contributed by atoms with van der Waals surface area (Å²) < 4.78 is 13.1. The van der Waals surface area contributed by atoms with Crippen LogP contribution < -0.4 is 5.32 Å². The van der Waals surface area contributed by atoms with E-state index in [1.54, 1.807) is 0 Å². The van der Waals surface area contributed by atoms with Crippen LogP contribution in [0.3, 0.4) is 0 Å². The van der Waals surface area contributed by atoms with Crippen LogP contribution >= 0.6 is 11.6 Å². The summed E-state index contributed by atoms with van der Waals surface area (Å²) in [5.74, 6) is -1.36. The molecule has 0 saturated carbocycles. The van der Waals surface area contributed by atoms with E-state index in [-0.39, 0.29) is 28.4 Å². The van der Waals surface area contributed by atoms with Gasteiger partial charge in [-0.15, -0.1) is 0 Å². The number of carbonyl (C=O) groups excluding carboxylic acids is 2. The van der Waals surface area contributed by atoms with Gasteiger partial charge in [-0.1, -0.05) is 11.6 Å². The Balaban J connectivity index is 1.55. The van der Waals surface area contributed by atoms with Gasteiger partial charge in [0.05, 0.1) is 17.1 Å². The molecule has 0 aliphatic carbocycles. The van der Waals surface area contributed by atoms with Crippen molar-refractivity contribution in [1.29, 1.82) is 0 Å². The smallest absolute Gasteiger partial charge is 0.274 e. The number of amides is 2. The minimum Gasteiger partial charge on any atom is -0.336 e. The Hall–Kier alpha value is -2.54. The lowest BCUT2D eigenvalue weighted by molar-refractivity contribution is -0.123. The largest absolute Gasteiger partial charge is 0.336 e. The van der Waals surface area contributed by atoms with Gasteiger partial charge in [-0.05, 0) is 18.2 Å². The Morgan fingerprint density at radius 3 is 2.74 bits per heavy atom. The van der Waals surface area contributed by atoms with E-state index in [4.69, 9.17) is 11.6 Å². The molecule has 6 nitrogen and oxygen atoms in total. The van der Waals surface area contributed by atoms with Crippen molar-refractivity contribution in [2.24, 2.45) is 5.92 Å². The Bertz CT molecular complexity index is 750. The lowest BCUT2D eigenvalue weighted by Crippen LogP contribution is -2.54. The van der Waals surface area contributed by atoms with E-state index in [1.807, 2.05) is 0 Å². The van der Waals surface area contributed by atoms with Gasteiger partial charge < -0.3 is 10.2 Å². The highest BCUT2D eigenvalue weighted by Gasteiger charge is 2.36. The molecule has 1 aromatic heterocycles. The topological polar surface area (TPSA) is 75.2 Å². The normalized spacial score (nSPS) is 14.3. The number of aromatic nitrogens is 2. The number of rotatable bonds is 3. The van der Waals surface area contributed by atoms with Crippen LogP contribution in [0.25, 0.3) is 0 Å². The first-order valence-electron chi connectivity index (χ1n) is 6.86. The third-order valence-corrected chi connectivity index (χ3v) is 3.80. The van der Waals surface area contributed by atoms with Gasteiger partial charge >= 0.3 is 0 Å². The molecule has 0 spiro atoms. The van der Waals surface area contributed by atoms with Crippen molar-refractivity contribution in [3.05, 3.63) is 53.3 Å². The molecule has 1 aliphatic rings. The molecule has 3 rings (SSSR count). The summed E-state index contributed by atoms with van der Waals surface area (Å²) in [5.41, 5.74) is 0.664. The van der Waals surface area contributed by atoms with Gasteiger partial charge in [-0.3, -0.25) is 14.6 Å². The van der Waals surface area contributed by atoms with Crippen LogP contribution in [-0.2, 0) is 4.79 Å². The zero-order valence-corrected chi connectivity index (χ0v) is 12.6. The van der Waals surface area contributed by atoms with Crippen molar-refractivity contribution in [2.45, 2.75) is 0 Å². The van der Waals surface area contributed by atoms with Crippen molar-refractivity contribution < 1.29 is 14.0 Å². The summed E-state index contributed by atoms with van der Waals surface area (Å²) in [5, 5.41) is 2.60. The molecule has 8 heteroatoms. The molecule has 118 valence electrons. The zero-order valence-electron chi connectivity index (χ0n) is 11.9. The molecule has 23 heavy (non-hydrogen) atoms. The van der Waals surface area contributed by atoms with Gasteiger partial charge in [0.25, 0.3) is 5.91 Å². The molecule has 1 fully saturated rings. The molecular formula is C15H12ClFN4O2. The summed E-state index contributed by atoms with van der Waals surface area (Å²) in [6.07, 6.45) is 4.31. The monoisotopic (exact) mass is 334 g/mol. The zero-order chi connectivity index (χ0) is 16.4. The highest BCUT2D eigenvalue weighted by Crippen LogP contribution is 2.22. The number of anilines is 1. The van der Waals surface area contributed by atoms with Crippen LogP contribution in [0.1, 0.15) is 10.5 Å². The Morgan fingerprint density at radius 2 is 2.09 bits per heavy atom. The molecule has 1 aliphatic heterocycles. The summed E-state index contributed by atoms with van der Waals surface area (Å²) in [6, 6.07) is 3.96. The second-order valence-electron chi connectivity index (χ2n) is 5.12. The Labute approximate surface area is 136 Å². The van der Waals surface area contributed by atoms with E-state index in [1.165, 1.54) is 41.7 Å². The average molecular weight is 335 g/mol. The van der Waals surface area contributed by atoms with Crippen molar-refractivity contribution in [3.8, 4) is 0 Å². The van der Waals surface area contributed by atoms with Gasteiger partial charge in [-0.25, -0.2) is 9.37 Å². The van der Waals surface area contributed by atoms with Crippen LogP contribution in [0.15, 0.2) is 36.8 Å². The molecule has 0 bridgehead atoms. The third-order valence-electron chi connectivity index (χ3n) is 3.51. The number of benzene rings is 1. The van der Waals surface area contributed by atoms with E-state index in [2.05, 4.69) is 15.3 Å².